The molecule has 1 saturated carbocycles. The number of hydrogen-bond donors (Lipinski definition) is 1. The molecule has 21 heavy (non-hydrogen) atoms. The number of hydrogen-bond acceptors (Lipinski definition) is 3. The Kier molecular flexibility index (Phi) is 4.21. The smallest absolute Gasteiger partial charge is 0.187 e. The van der Waals surface area contributed by atoms with E-state index in [1.54, 1.807) is 0 Å². The van der Waals surface area contributed by atoms with Crippen LogP contribution in [-0.2, 0) is 6.42 Å². The summed E-state index contributed by atoms with van der Waals surface area (Å²) in [4.78, 5) is 8.50. The first-order valence-electron chi connectivity index (χ1n) is 7.75. The van der Waals surface area contributed by atoms with Gasteiger partial charge in [-0.3, -0.25) is 4.99 Å². The van der Waals surface area contributed by atoms with Crippen LogP contribution in [0.25, 0.3) is 4.85 Å². The SMILES string of the molecule is [C-]#[N+]c1ccc(NC2=NC3(CCCC3)CS2)c(CCC)c1. The van der Waals surface area contributed by atoms with Crippen molar-refractivity contribution in [2.75, 3.05) is 11.1 Å². The highest BCUT2D eigenvalue weighted by Gasteiger charge is 2.38. The number of thioether (sulfide) groups is 1. The van der Waals surface area contributed by atoms with Crippen molar-refractivity contribution >= 4 is 28.3 Å². The molecule has 0 aromatic heterocycles. The van der Waals surface area contributed by atoms with Crippen LogP contribution in [0.15, 0.2) is 23.2 Å². The number of nitrogens with one attached hydrogen (secondary N) is 1. The Balaban J connectivity index is 1.80. The zero-order valence-electron chi connectivity index (χ0n) is 12.5. The van der Waals surface area contributed by atoms with E-state index in [1.165, 1.54) is 31.2 Å². The predicted molar refractivity (Wildman–Crippen MR) is 91.4 cm³/mol. The Hall–Kier alpha value is -1.47. The summed E-state index contributed by atoms with van der Waals surface area (Å²) in [7, 11) is 0. The van der Waals surface area contributed by atoms with Crippen LogP contribution >= 0.6 is 11.8 Å². The lowest BCUT2D eigenvalue weighted by Gasteiger charge is -2.16. The molecule has 1 aromatic rings. The Morgan fingerprint density at radius 1 is 1.38 bits per heavy atom. The normalized spacial score (nSPS) is 19.5. The second-order valence-electron chi connectivity index (χ2n) is 5.97. The summed E-state index contributed by atoms with van der Waals surface area (Å²) in [5.74, 6) is 1.12. The van der Waals surface area contributed by atoms with E-state index in [0.717, 1.165) is 35.1 Å². The lowest BCUT2D eigenvalue weighted by Crippen LogP contribution is -2.21. The van der Waals surface area contributed by atoms with Crippen molar-refractivity contribution in [3.05, 3.63) is 35.2 Å². The molecule has 0 radical (unpaired) electrons. The summed E-state index contributed by atoms with van der Waals surface area (Å²) in [6, 6.07) is 5.92. The molecule has 1 fully saturated rings. The molecule has 3 rings (SSSR count). The minimum Gasteiger partial charge on any atom is -0.335 e. The quantitative estimate of drug-likeness (QED) is 0.794. The third kappa shape index (κ3) is 3.08. The van der Waals surface area contributed by atoms with E-state index in [2.05, 4.69) is 17.1 Å². The van der Waals surface area contributed by atoms with Crippen LogP contribution in [-0.4, -0.2) is 16.5 Å². The van der Waals surface area contributed by atoms with Gasteiger partial charge in [0.05, 0.1) is 12.1 Å². The highest BCUT2D eigenvalue weighted by molar-refractivity contribution is 8.14. The van der Waals surface area contributed by atoms with Gasteiger partial charge < -0.3 is 5.32 Å². The second-order valence-corrected chi connectivity index (χ2v) is 6.93. The number of anilines is 1. The molecular weight excluding hydrogens is 278 g/mol. The molecule has 1 aromatic carbocycles. The van der Waals surface area contributed by atoms with Gasteiger partial charge in [0.2, 0.25) is 0 Å². The second kappa shape index (κ2) is 6.11. The topological polar surface area (TPSA) is 28.8 Å². The van der Waals surface area contributed by atoms with Crippen molar-refractivity contribution in [3.8, 4) is 0 Å². The standard InChI is InChI=1S/C17H21N3S/c1-3-6-13-11-14(18-2)7-8-15(13)19-16-20-17(12-21-16)9-4-5-10-17/h7-8,11H,3-6,9-10,12H2,1H3,(H,19,20). The maximum Gasteiger partial charge on any atom is 0.187 e. The highest BCUT2D eigenvalue weighted by atomic mass is 32.2. The lowest BCUT2D eigenvalue weighted by atomic mass is 10.0. The minimum atomic E-state index is 0.217. The number of aliphatic imine (C=N–C) groups is 1. The van der Waals surface area contributed by atoms with Gasteiger partial charge in [-0.25, -0.2) is 4.85 Å². The summed E-state index contributed by atoms with van der Waals surface area (Å²) in [6.45, 7) is 9.32. The van der Waals surface area contributed by atoms with Gasteiger partial charge in [-0.15, -0.1) is 0 Å². The van der Waals surface area contributed by atoms with Crippen molar-refractivity contribution in [1.29, 1.82) is 0 Å². The van der Waals surface area contributed by atoms with Crippen LogP contribution in [0.3, 0.4) is 0 Å². The maximum absolute atomic E-state index is 7.15. The fourth-order valence-electron chi connectivity index (χ4n) is 3.20. The Morgan fingerprint density at radius 3 is 2.90 bits per heavy atom. The van der Waals surface area contributed by atoms with Gasteiger partial charge >= 0.3 is 0 Å². The first kappa shape index (κ1) is 14.5. The monoisotopic (exact) mass is 299 g/mol. The molecule has 1 spiro atoms. The fraction of sp³-hybridized carbons (Fsp3) is 0.529. The molecule has 2 aliphatic rings. The van der Waals surface area contributed by atoms with E-state index in [0.29, 0.717) is 0 Å². The molecule has 1 aliphatic heterocycles. The van der Waals surface area contributed by atoms with E-state index in [4.69, 9.17) is 11.6 Å². The molecular formula is C17H21N3S. The Labute approximate surface area is 131 Å². The number of nitrogens with zero attached hydrogens (tertiary/aromatic N) is 2. The van der Waals surface area contributed by atoms with Crippen LogP contribution in [0.4, 0.5) is 11.4 Å². The lowest BCUT2D eigenvalue weighted by molar-refractivity contribution is 0.508. The van der Waals surface area contributed by atoms with Crippen molar-refractivity contribution in [1.82, 2.24) is 0 Å². The van der Waals surface area contributed by atoms with E-state index < -0.39 is 0 Å². The van der Waals surface area contributed by atoms with Gasteiger partial charge in [0.1, 0.15) is 0 Å². The summed E-state index contributed by atoms with van der Waals surface area (Å²) in [6.07, 6.45) is 7.19. The highest BCUT2D eigenvalue weighted by Crippen LogP contribution is 2.41. The minimum absolute atomic E-state index is 0.217. The summed E-state index contributed by atoms with van der Waals surface area (Å²) in [5.41, 5.74) is 3.28. The van der Waals surface area contributed by atoms with Gasteiger partial charge in [-0.1, -0.05) is 50.1 Å². The molecule has 1 N–H and O–H groups in total. The summed E-state index contributed by atoms with van der Waals surface area (Å²) in [5, 5.41) is 4.57. The number of benzene rings is 1. The number of rotatable bonds is 3. The molecule has 0 amide bonds. The fourth-order valence-corrected chi connectivity index (χ4v) is 4.40. The van der Waals surface area contributed by atoms with Crippen LogP contribution in [0.5, 0.6) is 0 Å². The van der Waals surface area contributed by atoms with Crippen LogP contribution in [0, 0.1) is 6.57 Å². The Bertz CT molecular complexity index is 595. The van der Waals surface area contributed by atoms with Crippen molar-refractivity contribution in [2.24, 2.45) is 4.99 Å². The average Bonchev–Trinajstić information content (AvgIpc) is 3.12. The van der Waals surface area contributed by atoms with Crippen LogP contribution in [0.2, 0.25) is 0 Å². The van der Waals surface area contributed by atoms with E-state index >= 15 is 0 Å². The van der Waals surface area contributed by atoms with Crippen molar-refractivity contribution in [3.63, 3.8) is 0 Å². The average molecular weight is 299 g/mol. The van der Waals surface area contributed by atoms with E-state index in [-0.39, 0.29) is 5.54 Å². The third-order valence-corrected chi connectivity index (χ3v) is 5.48. The molecule has 4 heteroatoms. The predicted octanol–water partition coefficient (Wildman–Crippen LogP) is 5.02. The summed E-state index contributed by atoms with van der Waals surface area (Å²) < 4.78 is 0. The molecule has 0 saturated heterocycles. The largest absolute Gasteiger partial charge is 0.335 e. The molecule has 1 aliphatic carbocycles. The van der Waals surface area contributed by atoms with Gasteiger partial charge in [-0.2, -0.15) is 0 Å². The summed E-state index contributed by atoms with van der Waals surface area (Å²) >= 11 is 1.85. The third-order valence-electron chi connectivity index (χ3n) is 4.33. The number of aryl methyl sites for hydroxylation is 1. The first-order valence-corrected chi connectivity index (χ1v) is 8.73. The Morgan fingerprint density at radius 2 is 2.19 bits per heavy atom. The molecule has 0 atom stereocenters. The van der Waals surface area contributed by atoms with Gasteiger partial charge in [-0.05, 0) is 30.9 Å². The van der Waals surface area contributed by atoms with Gasteiger partial charge in [0.15, 0.2) is 10.9 Å². The molecule has 3 nitrogen and oxygen atoms in total. The molecule has 110 valence electrons. The van der Waals surface area contributed by atoms with E-state index in [1.807, 2.05) is 30.0 Å². The molecule has 1 heterocycles. The molecule has 0 bridgehead atoms. The number of amidine groups is 1. The van der Waals surface area contributed by atoms with Gasteiger partial charge in [0, 0.05) is 11.4 Å². The van der Waals surface area contributed by atoms with Gasteiger partial charge in [0.25, 0.3) is 0 Å². The van der Waals surface area contributed by atoms with Crippen LogP contribution in [0.1, 0.15) is 44.6 Å². The van der Waals surface area contributed by atoms with Crippen LogP contribution < -0.4 is 5.32 Å². The van der Waals surface area contributed by atoms with E-state index in [9.17, 15) is 0 Å². The zero-order valence-corrected chi connectivity index (χ0v) is 13.3. The first-order chi connectivity index (χ1) is 10.2. The zero-order chi connectivity index (χ0) is 14.7. The van der Waals surface area contributed by atoms with Crippen molar-refractivity contribution < 1.29 is 0 Å². The maximum atomic E-state index is 7.15. The molecule has 0 unspecified atom stereocenters. The van der Waals surface area contributed by atoms with Crippen molar-refractivity contribution in [2.45, 2.75) is 51.0 Å².